The Morgan fingerprint density at radius 1 is 1.09 bits per heavy atom. The van der Waals surface area contributed by atoms with Crippen LogP contribution in [0.25, 0.3) is 0 Å². The molecule has 1 aromatic rings. The minimum atomic E-state index is -0.367. The summed E-state index contributed by atoms with van der Waals surface area (Å²) < 4.78 is 20.6. The van der Waals surface area contributed by atoms with Crippen LogP contribution in [0.15, 0.2) is 12.1 Å². The first-order chi connectivity index (χ1) is 11.1. The van der Waals surface area contributed by atoms with E-state index in [-0.39, 0.29) is 11.0 Å². The molecule has 0 aliphatic carbocycles. The number of rotatable bonds is 8. The Morgan fingerprint density at radius 3 is 2.17 bits per heavy atom. The molecule has 1 amide bonds. The molecule has 0 aromatic heterocycles. The van der Waals surface area contributed by atoms with Crippen molar-refractivity contribution in [2.24, 2.45) is 0 Å². The monoisotopic (exact) mass is 342 g/mol. The smallest absolute Gasteiger partial charge is 0.257 e. The van der Waals surface area contributed by atoms with E-state index in [9.17, 15) is 4.79 Å². The maximum atomic E-state index is 12.3. The number of methoxy groups -OCH3 is 4. The van der Waals surface area contributed by atoms with Gasteiger partial charge in [0.2, 0.25) is 5.75 Å². The topological polar surface area (TPSA) is 78.1 Å². The molecular weight excluding hydrogens is 320 g/mol. The second-order valence-electron chi connectivity index (χ2n) is 4.47. The number of nitrogens with one attached hydrogen (secondary N) is 2. The average Bonchev–Trinajstić information content (AvgIpc) is 2.57. The Bertz CT molecular complexity index is 526. The number of hydrogen-bond acceptors (Lipinski definition) is 6. The van der Waals surface area contributed by atoms with E-state index >= 15 is 0 Å². The van der Waals surface area contributed by atoms with Crippen LogP contribution in [0.4, 0.5) is 0 Å². The fraction of sp³-hybridized carbons (Fsp3) is 0.467. The van der Waals surface area contributed by atoms with Crippen LogP contribution in [0, 0.1) is 0 Å². The molecule has 0 atom stereocenters. The summed E-state index contributed by atoms with van der Waals surface area (Å²) in [5, 5.41) is 5.78. The lowest BCUT2D eigenvalue weighted by Gasteiger charge is -2.14. The molecule has 8 heteroatoms. The molecule has 7 nitrogen and oxygen atoms in total. The van der Waals surface area contributed by atoms with E-state index in [0.29, 0.717) is 36.0 Å². The number of thiocarbonyl (C=S) groups is 1. The summed E-state index contributed by atoms with van der Waals surface area (Å²) in [5.74, 6) is 0.854. The standard InChI is InChI=1S/C15H22N2O5S/c1-19-7-5-6-16-15(23)17-14(18)10-8-11(20-2)13(22-4)12(9-10)21-3/h8-9H,5-7H2,1-4H3,(H2,16,17,18,23). The van der Waals surface area contributed by atoms with Crippen LogP contribution in [0.2, 0.25) is 0 Å². The predicted molar refractivity (Wildman–Crippen MR) is 90.7 cm³/mol. The third-order valence-corrected chi connectivity index (χ3v) is 3.21. The average molecular weight is 342 g/mol. The molecule has 0 aliphatic heterocycles. The van der Waals surface area contributed by atoms with Gasteiger partial charge >= 0.3 is 0 Å². The Balaban J connectivity index is 2.77. The number of ether oxygens (including phenoxy) is 4. The van der Waals surface area contributed by atoms with Crippen LogP contribution >= 0.6 is 12.2 Å². The van der Waals surface area contributed by atoms with E-state index in [1.54, 1.807) is 19.2 Å². The summed E-state index contributed by atoms with van der Waals surface area (Å²) in [4.78, 5) is 12.3. The highest BCUT2D eigenvalue weighted by Crippen LogP contribution is 2.38. The van der Waals surface area contributed by atoms with Gasteiger partial charge in [0.1, 0.15) is 0 Å². The summed E-state index contributed by atoms with van der Waals surface area (Å²) in [5.41, 5.74) is 0.348. The molecule has 0 aliphatic rings. The van der Waals surface area contributed by atoms with E-state index in [2.05, 4.69) is 10.6 Å². The maximum absolute atomic E-state index is 12.3. The molecular formula is C15H22N2O5S. The molecule has 0 heterocycles. The van der Waals surface area contributed by atoms with E-state index in [4.69, 9.17) is 31.2 Å². The van der Waals surface area contributed by atoms with Crippen molar-refractivity contribution in [1.29, 1.82) is 0 Å². The second kappa shape index (κ2) is 9.86. The first-order valence-electron chi connectivity index (χ1n) is 6.95. The normalized spacial score (nSPS) is 9.91. The quantitative estimate of drug-likeness (QED) is 0.545. The van der Waals surface area contributed by atoms with Crippen LogP contribution < -0.4 is 24.8 Å². The van der Waals surface area contributed by atoms with Gasteiger partial charge in [0.05, 0.1) is 21.3 Å². The summed E-state index contributed by atoms with van der Waals surface area (Å²) in [6.45, 7) is 1.23. The number of carbonyl (C=O) groups excluding carboxylic acids is 1. The third kappa shape index (κ3) is 5.57. The van der Waals surface area contributed by atoms with Crippen molar-refractivity contribution in [3.63, 3.8) is 0 Å². The van der Waals surface area contributed by atoms with Gasteiger partial charge in [0, 0.05) is 25.8 Å². The van der Waals surface area contributed by atoms with Gasteiger partial charge in [-0.15, -0.1) is 0 Å². The highest BCUT2D eigenvalue weighted by molar-refractivity contribution is 7.80. The number of hydrogen-bond donors (Lipinski definition) is 2. The molecule has 2 N–H and O–H groups in total. The SMILES string of the molecule is COCCCNC(=S)NC(=O)c1cc(OC)c(OC)c(OC)c1. The fourth-order valence-electron chi connectivity index (χ4n) is 1.85. The zero-order valence-electron chi connectivity index (χ0n) is 13.7. The number of carbonyl (C=O) groups is 1. The number of benzene rings is 1. The molecule has 128 valence electrons. The molecule has 0 saturated heterocycles. The minimum absolute atomic E-state index is 0.250. The molecule has 0 bridgehead atoms. The lowest BCUT2D eigenvalue weighted by atomic mass is 10.1. The Hall–Kier alpha value is -2.06. The molecule has 0 radical (unpaired) electrons. The van der Waals surface area contributed by atoms with Crippen molar-refractivity contribution in [3.8, 4) is 17.2 Å². The van der Waals surface area contributed by atoms with Crippen molar-refractivity contribution in [3.05, 3.63) is 17.7 Å². The van der Waals surface area contributed by atoms with Gasteiger partial charge in [-0.05, 0) is 30.8 Å². The predicted octanol–water partition coefficient (Wildman–Crippen LogP) is 1.35. The highest BCUT2D eigenvalue weighted by atomic mass is 32.1. The van der Waals surface area contributed by atoms with Crippen molar-refractivity contribution < 1.29 is 23.7 Å². The molecule has 0 saturated carbocycles. The van der Waals surface area contributed by atoms with Gasteiger partial charge < -0.3 is 24.3 Å². The van der Waals surface area contributed by atoms with Crippen molar-refractivity contribution in [2.45, 2.75) is 6.42 Å². The van der Waals surface area contributed by atoms with E-state index in [1.807, 2.05) is 0 Å². The van der Waals surface area contributed by atoms with Crippen molar-refractivity contribution >= 4 is 23.2 Å². The Kier molecular flexibility index (Phi) is 8.14. The Morgan fingerprint density at radius 2 is 1.70 bits per heavy atom. The fourth-order valence-corrected chi connectivity index (χ4v) is 2.04. The van der Waals surface area contributed by atoms with Crippen molar-refractivity contribution in [1.82, 2.24) is 10.6 Å². The zero-order chi connectivity index (χ0) is 17.2. The van der Waals surface area contributed by atoms with Crippen LogP contribution in [-0.2, 0) is 4.74 Å². The van der Waals surface area contributed by atoms with Gasteiger partial charge in [0.25, 0.3) is 5.91 Å². The van der Waals surface area contributed by atoms with Gasteiger partial charge in [-0.1, -0.05) is 0 Å². The van der Waals surface area contributed by atoms with Gasteiger partial charge in [-0.2, -0.15) is 0 Å². The second-order valence-corrected chi connectivity index (χ2v) is 4.88. The van der Waals surface area contributed by atoms with Crippen LogP contribution in [0.1, 0.15) is 16.8 Å². The van der Waals surface area contributed by atoms with Crippen LogP contribution in [-0.4, -0.2) is 52.6 Å². The lowest BCUT2D eigenvalue weighted by molar-refractivity contribution is 0.0976. The summed E-state index contributed by atoms with van der Waals surface area (Å²) in [6, 6.07) is 3.12. The largest absolute Gasteiger partial charge is 0.493 e. The summed E-state index contributed by atoms with van der Waals surface area (Å²) in [7, 11) is 6.10. The summed E-state index contributed by atoms with van der Waals surface area (Å²) in [6.07, 6.45) is 0.788. The first-order valence-corrected chi connectivity index (χ1v) is 7.36. The third-order valence-electron chi connectivity index (χ3n) is 2.96. The van der Waals surface area contributed by atoms with Crippen molar-refractivity contribution in [2.75, 3.05) is 41.6 Å². The molecule has 0 unspecified atom stereocenters. The lowest BCUT2D eigenvalue weighted by Crippen LogP contribution is -2.39. The molecule has 0 spiro atoms. The maximum Gasteiger partial charge on any atom is 0.257 e. The molecule has 1 rings (SSSR count). The van der Waals surface area contributed by atoms with Gasteiger partial charge in [-0.3, -0.25) is 10.1 Å². The molecule has 23 heavy (non-hydrogen) atoms. The minimum Gasteiger partial charge on any atom is -0.493 e. The molecule has 1 aromatic carbocycles. The molecule has 0 fully saturated rings. The number of amides is 1. The van der Waals surface area contributed by atoms with E-state index in [1.165, 1.54) is 21.3 Å². The summed E-state index contributed by atoms with van der Waals surface area (Å²) >= 11 is 5.08. The van der Waals surface area contributed by atoms with E-state index < -0.39 is 0 Å². The van der Waals surface area contributed by atoms with Gasteiger partial charge in [0.15, 0.2) is 16.6 Å². The Labute approximate surface area is 141 Å². The van der Waals surface area contributed by atoms with E-state index in [0.717, 1.165) is 6.42 Å². The zero-order valence-corrected chi connectivity index (χ0v) is 14.5. The highest BCUT2D eigenvalue weighted by Gasteiger charge is 2.17. The van der Waals surface area contributed by atoms with Crippen LogP contribution in [0.3, 0.4) is 0 Å². The van der Waals surface area contributed by atoms with Crippen LogP contribution in [0.5, 0.6) is 17.2 Å². The first kappa shape index (κ1) is 19.0. The van der Waals surface area contributed by atoms with Gasteiger partial charge in [-0.25, -0.2) is 0 Å².